The van der Waals surface area contributed by atoms with Gasteiger partial charge in [0, 0.05) is 4.90 Å². The lowest BCUT2D eigenvalue weighted by Gasteiger charge is -2.11. The molecule has 0 bridgehead atoms. The molecule has 3 nitrogen and oxygen atoms in total. The van der Waals surface area contributed by atoms with Gasteiger partial charge in [-0.05, 0) is 18.6 Å². The molecular formula is C11H14O3S. The molecular weight excluding hydrogens is 212 g/mol. The summed E-state index contributed by atoms with van der Waals surface area (Å²) in [4.78, 5) is 11.5. The van der Waals surface area contributed by atoms with Crippen LogP contribution in [0, 0.1) is 0 Å². The average molecular weight is 226 g/mol. The van der Waals surface area contributed by atoms with Gasteiger partial charge in [0.05, 0.1) is 0 Å². The minimum absolute atomic E-state index is 0.143. The van der Waals surface area contributed by atoms with Gasteiger partial charge in [0.25, 0.3) is 0 Å². The normalized spacial score (nSPS) is 12.3. The first-order chi connectivity index (χ1) is 7.15. The fraction of sp³-hybridized carbons (Fsp3) is 0.364. The highest BCUT2D eigenvalue weighted by atomic mass is 32.2. The van der Waals surface area contributed by atoms with Crippen molar-refractivity contribution >= 4 is 17.7 Å². The number of hydrogen-bond acceptors (Lipinski definition) is 3. The van der Waals surface area contributed by atoms with Crippen molar-refractivity contribution in [2.45, 2.75) is 29.9 Å². The van der Waals surface area contributed by atoms with E-state index in [1.165, 1.54) is 11.8 Å². The van der Waals surface area contributed by atoms with E-state index >= 15 is 0 Å². The van der Waals surface area contributed by atoms with Crippen LogP contribution in [0.4, 0.5) is 0 Å². The van der Waals surface area contributed by atoms with E-state index in [1.807, 2.05) is 6.92 Å². The Labute approximate surface area is 93.1 Å². The lowest BCUT2D eigenvalue weighted by atomic mass is 10.2. The third-order valence-corrected chi connectivity index (χ3v) is 3.28. The van der Waals surface area contributed by atoms with Crippen molar-refractivity contribution < 1.29 is 15.0 Å². The quantitative estimate of drug-likeness (QED) is 0.758. The summed E-state index contributed by atoms with van der Waals surface area (Å²) in [6, 6.07) is 6.79. The highest BCUT2D eigenvalue weighted by Crippen LogP contribution is 2.32. The molecule has 0 aliphatic heterocycles. The number of aromatic hydroxyl groups is 1. The van der Waals surface area contributed by atoms with Gasteiger partial charge in [0.2, 0.25) is 0 Å². The van der Waals surface area contributed by atoms with Crippen molar-refractivity contribution in [3.63, 3.8) is 0 Å². The van der Waals surface area contributed by atoms with Crippen LogP contribution in [0.2, 0.25) is 0 Å². The molecule has 82 valence electrons. The predicted octanol–water partition coefficient (Wildman–Crippen LogP) is 2.74. The summed E-state index contributed by atoms with van der Waals surface area (Å²) in [5.74, 6) is -0.685. The average Bonchev–Trinajstić information content (AvgIpc) is 2.20. The van der Waals surface area contributed by atoms with E-state index in [0.717, 1.165) is 6.42 Å². The van der Waals surface area contributed by atoms with Gasteiger partial charge in [-0.3, -0.25) is 4.79 Å². The first-order valence-corrected chi connectivity index (χ1v) is 5.70. The van der Waals surface area contributed by atoms with E-state index in [0.29, 0.717) is 11.3 Å². The monoisotopic (exact) mass is 226 g/mol. The molecule has 0 fully saturated rings. The standard InChI is InChI=1S/C11H14O3S/c1-2-5-10(11(13)14)15-9-7-4-3-6-8(9)12/h3-4,6-7,10,12H,2,5H2,1H3,(H,13,14). The Bertz CT molecular complexity index is 338. The minimum atomic E-state index is -0.829. The number of benzene rings is 1. The summed E-state index contributed by atoms with van der Waals surface area (Å²) in [5.41, 5.74) is 0. The zero-order valence-corrected chi connectivity index (χ0v) is 9.33. The molecule has 0 radical (unpaired) electrons. The number of phenolic OH excluding ortho intramolecular Hbond substituents is 1. The molecule has 0 heterocycles. The molecule has 0 saturated heterocycles. The molecule has 4 heteroatoms. The van der Waals surface area contributed by atoms with Crippen LogP contribution in [-0.2, 0) is 4.79 Å². The molecule has 15 heavy (non-hydrogen) atoms. The predicted molar refractivity (Wildman–Crippen MR) is 60.3 cm³/mol. The van der Waals surface area contributed by atoms with Crippen molar-refractivity contribution in [2.75, 3.05) is 0 Å². The van der Waals surface area contributed by atoms with E-state index in [2.05, 4.69) is 0 Å². The Morgan fingerprint density at radius 2 is 2.13 bits per heavy atom. The lowest BCUT2D eigenvalue weighted by molar-refractivity contribution is -0.136. The Morgan fingerprint density at radius 1 is 1.47 bits per heavy atom. The fourth-order valence-corrected chi connectivity index (χ4v) is 2.31. The molecule has 2 N–H and O–H groups in total. The van der Waals surface area contributed by atoms with Gasteiger partial charge in [-0.15, -0.1) is 11.8 Å². The third-order valence-electron chi connectivity index (χ3n) is 1.96. The molecule has 0 aliphatic carbocycles. The van der Waals surface area contributed by atoms with Crippen LogP contribution in [0.25, 0.3) is 0 Å². The first-order valence-electron chi connectivity index (χ1n) is 4.82. The number of rotatable bonds is 5. The zero-order valence-electron chi connectivity index (χ0n) is 8.51. The Kier molecular flexibility index (Phi) is 4.49. The van der Waals surface area contributed by atoms with Gasteiger partial charge in [0.1, 0.15) is 11.0 Å². The van der Waals surface area contributed by atoms with E-state index in [9.17, 15) is 9.90 Å². The van der Waals surface area contributed by atoms with Crippen LogP contribution in [0.5, 0.6) is 5.75 Å². The summed E-state index contributed by atoms with van der Waals surface area (Å²) < 4.78 is 0. The Morgan fingerprint density at radius 3 is 2.67 bits per heavy atom. The van der Waals surface area contributed by atoms with E-state index in [1.54, 1.807) is 24.3 Å². The summed E-state index contributed by atoms with van der Waals surface area (Å²) in [6.07, 6.45) is 1.42. The molecule has 1 aromatic rings. The van der Waals surface area contributed by atoms with Gasteiger partial charge in [0.15, 0.2) is 0 Å². The second-order valence-corrected chi connectivity index (χ2v) is 4.45. The van der Waals surface area contributed by atoms with E-state index < -0.39 is 11.2 Å². The molecule has 0 aliphatic rings. The maximum Gasteiger partial charge on any atom is 0.316 e. The van der Waals surface area contributed by atoms with Crippen molar-refractivity contribution in [2.24, 2.45) is 0 Å². The number of aliphatic carboxylic acids is 1. The maximum atomic E-state index is 10.9. The number of phenols is 1. The van der Waals surface area contributed by atoms with Crippen LogP contribution < -0.4 is 0 Å². The van der Waals surface area contributed by atoms with Crippen LogP contribution in [-0.4, -0.2) is 21.4 Å². The Hall–Kier alpha value is -1.16. The lowest BCUT2D eigenvalue weighted by Crippen LogP contribution is -2.15. The largest absolute Gasteiger partial charge is 0.507 e. The number of carboxylic acid groups (broad SMARTS) is 1. The van der Waals surface area contributed by atoms with Crippen molar-refractivity contribution in [1.82, 2.24) is 0 Å². The second kappa shape index (κ2) is 5.66. The van der Waals surface area contributed by atoms with Crippen molar-refractivity contribution in [1.29, 1.82) is 0 Å². The molecule has 0 saturated carbocycles. The molecule has 0 aromatic heterocycles. The summed E-state index contributed by atoms with van der Waals surface area (Å²) in [5, 5.41) is 18.0. The number of carbonyl (C=O) groups is 1. The van der Waals surface area contributed by atoms with Gasteiger partial charge in [-0.25, -0.2) is 0 Å². The number of thioether (sulfide) groups is 1. The summed E-state index contributed by atoms with van der Waals surface area (Å²) in [6.45, 7) is 1.95. The van der Waals surface area contributed by atoms with Gasteiger partial charge >= 0.3 is 5.97 Å². The summed E-state index contributed by atoms with van der Waals surface area (Å²) in [7, 11) is 0. The maximum absolute atomic E-state index is 10.9. The molecule has 0 spiro atoms. The molecule has 1 atom stereocenters. The van der Waals surface area contributed by atoms with Crippen LogP contribution >= 0.6 is 11.8 Å². The molecule has 1 aromatic carbocycles. The first kappa shape index (κ1) is 11.9. The highest BCUT2D eigenvalue weighted by Gasteiger charge is 2.18. The topological polar surface area (TPSA) is 57.5 Å². The van der Waals surface area contributed by atoms with E-state index in [4.69, 9.17) is 5.11 Å². The number of para-hydroxylation sites is 1. The van der Waals surface area contributed by atoms with Crippen LogP contribution in [0.3, 0.4) is 0 Å². The van der Waals surface area contributed by atoms with Gasteiger partial charge in [-0.1, -0.05) is 25.5 Å². The molecule has 1 rings (SSSR count). The highest BCUT2D eigenvalue weighted by molar-refractivity contribution is 8.00. The van der Waals surface area contributed by atoms with E-state index in [-0.39, 0.29) is 5.75 Å². The minimum Gasteiger partial charge on any atom is -0.507 e. The zero-order chi connectivity index (χ0) is 11.3. The van der Waals surface area contributed by atoms with Gasteiger partial charge < -0.3 is 10.2 Å². The second-order valence-electron chi connectivity index (χ2n) is 3.20. The van der Waals surface area contributed by atoms with Crippen molar-refractivity contribution in [3.8, 4) is 5.75 Å². The smallest absolute Gasteiger partial charge is 0.316 e. The Balaban J connectivity index is 2.74. The number of hydrogen-bond donors (Lipinski definition) is 2. The van der Waals surface area contributed by atoms with Crippen LogP contribution in [0.15, 0.2) is 29.2 Å². The molecule has 0 amide bonds. The molecule has 1 unspecified atom stereocenters. The number of carboxylic acids is 1. The van der Waals surface area contributed by atoms with Gasteiger partial charge in [-0.2, -0.15) is 0 Å². The van der Waals surface area contributed by atoms with Crippen molar-refractivity contribution in [3.05, 3.63) is 24.3 Å². The van der Waals surface area contributed by atoms with Crippen LogP contribution in [0.1, 0.15) is 19.8 Å². The third kappa shape index (κ3) is 3.47. The summed E-state index contributed by atoms with van der Waals surface area (Å²) >= 11 is 1.20. The SMILES string of the molecule is CCCC(Sc1ccccc1O)C(=O)O. The fourth-order valence-electron chi connectivity index (χ4n) is 1.21.